The van der Waals surface area contributed by atoms with Crippen LogP contribution in [0.2, 0.25) is 0 Å². The molecule has 2 aliphatic rings. The van der Waals surface area contributed by atoms with Crippen molar-refractivity contribution in [2.75, 3.05) is 19.7 Å². The first-order chi connectivity index (χ1) is 12.6. The van der Waals surface area contributed by atoms with E-state index in [2.05, 4.69) is 23.4 Å². The smallest absolute Gasteiger partial charge is 0.410 e. The Hall–Kier alpha value is -3.02. The molecular formula is C20H21N3O3. The third kappa shape index (κ3) is 2.67. The number of aromatic nitrogens is 2. The molecule has 134 valence electrons. The number of fused-ring (bicyclic) bond motifs is 4. The quantitative estimate of drug-likeness (QED) is 0.858. The first-order valence-electron chi connectivity index (χ1n) is 8.67. The van der Waals surface area contributed by atoms with Gasteiger partial charge >= 0.3 is 6.09 Å². The number of likely N-dealkylation sites (tertiary alicyclic amines) is 1. The van der Waals surface area contributed by atoms with E-state index in [-0.39, 0.29) is 12.7 Å². The van der Waals surface area contributed by atoms with Gasteiger partial charge in [0, 0.05) is 37.1 Å². The Kier molecular flexibility index (Phi) is 4.03. The molecule has 1 spiro atoms. The molecular weight excluding hydrogens is 330 g/mol. The van der Waals surface area contributed by atoms with Crippen molar-refractivity contribution in [3.63, 3.8) is 0 Å². The maximum Gasteiger partial charge on any atom is 0.410 e. The molecule has 0 bridgehead atoms. The molecule has 0 saturated carbocycles. The van der Waals surface area contributed by atoms with Crippen LogP contribution in [0.25, 0.3) is 11.3 Å². The van der Waals surface area contributed by atoms with Crippen LogP contribution in [0.15, 0.2) is 55.3 Å². The average molecular weight is 351 g/mol. The van der Waals surface area contributed by atoms with Gasteiger partial charge in [0.05, 0.1) is 11.9 Å². The third-order valence-electron chi connectivity index (χ3n) is 5.09. The Balaban J connectivity index is 1.50. The van der Waals surface area contributed by atoms with Crippen LogP contribution in [-0.2, 0) is 10.3 Å². The van der Waals surface area contributed by atoms with Gasteiger partial charge in [0.25, 0.3) is 0 Å². The van der Waals surface area contributed by atoms with Crippen LogP contribution in [0.5, 0.6) is 5.75 Å². The highest BCUT2D eigenvalue weighted by molar-refractivity contribution is 5.73. The van der Waals surface area contributed by atoms with E-state index in [0.717, 1.165) is 22.6 Å². The van der Waals surface area contributed by atoms with Gasteiger partial charge in [-0.15, -0.1) is 0 Å². The second-order valence-electron chi connectivity index (χ2n) is 6.66. The SMILES string of the molecule is C=CC(=C)COC(=O)N1CCC2(CC1)Oc1ccccc1-c1[nH]ncc12. The van der Waals surface area contributed by atoms with Gasteiger partial charge in [-0.1, -0.05) is 31.4 Å². The minimum absolute atomic E-state index is 0.166. The molecule has 26 heavy (non-hydrogen) atoms. The minimum atomic E-state index is -0.460. The summed E-state index contributed by atoms with van der Waals surface area (Å²) in [4.78, 5) is 14.0. The highest BCUT2D eigenvalue weighted by atomic mass is 16.6. The lowest BCUT2D eigenvalue weighted by molar-refractivity contribution is -0.00447. The molecule has 1 saturated heterocycles. The van der Waals surface area contributed by atoms with Crippen molar-refractivity contribution in [2.24, 2.45) is 0 Å². The lowest BCUT2D eigenvalue weighted by Crippen LogP contribution is -2.49. The molecule has 0 unspecified atom stereocenters. The Labute approximate surface area is 152 Å². The largest absolute Gasteiger partial charge is 0.482 e. The number of ether oxygens (including phenoxy) is 2. The molecule has 1 aromatic heterocycles. The predicted molar refractivity (Wildman–Crippen MR) is 97.8 cm³/mol. The monoisotopic (exact) mass is 351 g/mol. The van der Waals surface area contributed by atoms with Crippen LogP contribution in [0, 0.1) is 0 Å². The fraction of sp³-hybridized carbons (Fsp3) is 0.300. The number of amides is 1. The lowest BCUT2D eigenvalue weighted by Gasteiger charge is -2.43. The number of carbonyl (C=O) groups excluding carboxylic acids is 1. The standard InChI is InChI=1S/C20H21N3O3/c1-3-14(2)13-25-19(24)23-10-8-20(9-11-23)16-12-21-22-18(16)15-6-4-5-7-17(15)26-20/h3-7,12H,1-2,8-11,13H2,(H,21,22). The first-order valence-corrected chi connectivity index (χ1v) is 8.67. The van der Waals surface area contributed by atoms with Crippen LogP contribution in [0.4, 0.5) is 4.79 Å². The van der Waals surface area contributed by atoms with Crippen LogP contribution >= 0.6 is 0 Å². The number of piperidine rings is 1. The summed E-state index contributed by atoms with van der Waals surface area (Å²) >= 11 is 0. The Bertz CT molecular complexity index is 863. The van der Waals surface area contributed by atoms with Crippen LogP contribution in [0.3, 0.4) is 0 Å². The molecule has 0 atom stereocenters. The van der Waals surface area contributed by atoms with E-state index in [1.54, 1.807) is 11.0 Å². The highest BCUT2D eigenvalue weighted by Crippen LogP contribution is 2.48. The number of benzene rings is 1. The number of hydrogen-bond donors (Lipinski definition) is 1. The number of H-pyrrole nitrogens is 1. The third-order valence-corrected chi connectivity index (χ3v) is 5.09. The van der Waals surface area contributed by atoms with E-state index in [1.807, 2.05) is 30.5 Å². The van der Waals surface area contributed by atoms with E-state index in [4.69, 9.17) is 9.47 Å². The topological polar surface area (TPSA) is 67.4 Å². The summed E-state index contributed by atoms with van der Waals surface area (Å²) in [5, 5.41) is 7.34. The van der Waals surface area contributed by atoms with Gasteiger partial charge in [0.1, 0.15) is 18.0 Å². The molecule has 6 nitrogen and oxygen atoms in total. The van der Waals surface area contributed by atoms with Gasteiger partial charge < -0.3 is 14.4 Å². The molecule has 1 amide bonds. The Morgan fingerprint density at radius 3 is 2.92 bits per heavy atom. The van der Waals surface area contributed by atoms with E-state index >= 15 is 0 Å². The first kappa shape index (κ1) is 16.4. The maximum atomic E-state index is 12.3. The van der Waals surface area contributed by atoms with E-state index in [9.17, 15) is 4.79 Å². The zero-order valence-corrected chi connectivity index (χ0v) is 14.5. The van der Waals surface area contributed by atoms with E-state index in [1.165, 1.54) is 0 Å². The molecule has 2 aliphatic heterocycles. The normalized spacial score (nSPS) is 17.0. The van der Waals surface area contributed by atoms with Crippen molar-refractivity contribution in [1.29, 1.82) is 0 Å². The van der Waals surface area contributed by atoms with Gasteiger partial charge in [0.2, 0.25) is 0 Å². The zero-order chi connectivity index (χ0) is 18.1. The van der Waals surface area contributed by atoms with Gasteiger partial charge in [-0.25, -0.2) is 4.79 Å². The fourth-order valence-corrected chi connectivity index (χ4v) is 3.59. The zero-order valence-electron chi connectivity index (χ0n) is 14.5. The second kappa shape index (κ2) is 6.37. The van der Waals surface area contributed by atoms with Crippen molar-refractivity contribution >= 4 is 6.09 Å². The summed E-state index contributed by atoms with van der Waals surface area (Å²) in [6.07, 6.45) is 4.47. The summed E-state index contributed by atoms with van der Waals surface area (Å²) in [6, 6.07) is 7.95. The number of hydrogen-bond acceptors (Lipinski definition) is 4. The van der Waals surface area contributed by atoms with Gasteiger partial charge in [-0.2, -0.15) is 5.10 Å². The number of nitrogens with one attached hydrogen (secondary N) is 1. The van der Waals surface area contributed by atoms with Crippen molar-refractivity contribution in [1.82, 2.24) is 15.1 Å². The number of carbonyl (C=O) groups is 1. The van der Waals surface area contributed by atoms with Gasteiger partial charge in [0.15, 0.2) is 0 Å². The van der Waals surface area contributed by atoms with Crippen LogP contribution < -0.4 is 4.74 Å². The molecule has 0 radical (unpaired) electrons. The van der Waals surface area contributed by atoms with Crippen molar-refractivity contribution in [3.05, 3.63) is 60.8 Å². The summed E-state index contributed by atoms with van der Waals surface area (Å²) in [7, 11) is 0. The van der Waals surface area contributed by atoms with Crippen molar-refractivity contribution in [2.45, 2.75) is 18.4 Å². The van der Waals surface area contributed by atoms with E-state index in [0.29, 0.717) is 31.5 Å². The molecule has 1 aromatic carbocycles. The number of para-hydroxylation sites is 1. The highest BCUT2D eigenvalue weighted by Gasteiger charge is 2.45. The predicted octanol–water partition coefficient (Wildman–Crippen LogP) is 3.64. The molecule has 1 N–H and O–H groups in total. The van der Waals surface area contributed by atoms with Gasteiger partial charge in [-0.05, 0) is 17.7 Å². The lowest BCUT2D eigenvalue weighted by atomic mass is 9.81. The number of nitrogens with zero attached hydrogens (tertiary/aromatic N) is 2. The molecule has 6 heteroatoms. The van der Waals surface area contributed by atoms with Crippen molar-refractivity contribution in [3.8, 4) is 17.0 Å². The van der Waals surface area contributed by atoms with Crippen LogP contribution in [-0.4, -0.2) is 40.9 Å². The summed E-state index contributed by atoms with van der Waals surface area (Å²) in [5.41, 5.74) is 3.31. The summed E-state index contributed by atoms with van der Waals surface area (Å²) < 4.78 is 11.7. The molecule has 1 fully saturated rings. The molecule has 0 aliphatic carbocycles. The average Bonchev–Trinajstić information content (AvgIpc) is 3.18. The summed E-state index contributed by atoms with van der Waals surface area (Å²) in [6.45, 7) is 8.66. The molecule has 4 rings (SSSR count). The minimum Gasteiger partial charge on any atom is -0.482 e. The van der Waals surface area contributed by atoms with E-state index < -0.39 is 5.60 Å². The maximum absolute atomic E-state index is 12.3. The van der Waals surface area contributed by atoms with Crippen LogP contribution in [0.1, 0.15) is 18.4 Å². The van der Waals surface area contributed by atoms with Gasteiger partial charge in [-0.3, -0.25) is 5.10 Å². The second-order valence-corrected chi connectivity index (χ2v) is 6.66. The Morgan fingerprint density at radius 1 is 1.38 bits per heavy atom. The molecule has 2 aromatic rings. The summed E-state index contributed by atoms with van der Waals surface area (Å²) in [5.74, 6) is 0.850. The number of rotatable bonds is 3. The fourth-order valence-electron chi connectivity index (χ4n) is 3.59. The molecule has 3 heterocycles. The Morgan fingerprint density at radius 2 is 2.15 bits per heavy atom. The number of aromatic amines is 1. The van der Waals surface area contributed by atoms with Crippen molar-refractivity contribution < 1.29 is 14.3 Å².